The number of nitrogens with two attached hydrogens (primary N) is 1. The van der Waals surface area contributed by atoms with Gasteiger partial charge < -0.3 is 11.1 Å². The highest BCUT2D eigenvalue weighted by Crippen LogP contribution is 2.23. The van der Waals surface area contributed by atoms with Crippen LogP contribution in [0.1, 0.15) is 47.7 Å². The standard InChI is InChI=1S/C13H22N2OS/c1-9(2)6-4-5-7-15-13(16)12-8-11(14)10(3)17-12/h8-9H,4-7,14H2,1-3H3,(H,15,16). The molecular weight excluding hydrogens is 232 g/mol. The third-order valence-electron chi connectivity index (χ3n) is 2.67. The topological polar surface area (TPSA) is 55.1 Å². The van der Waals surface area contributed by atoms with Crippen LogP contribution in [0.4, 0.5) is 5.69 Å². The molecule has 1 aromatic heterocycles. The maximum Gasteiger partial charge on any atom is 0.261 e. The van der Waals surface area contributed by atoms with E-state index in [1.807, 2.05) is 6.92 Å². The van der Waals surface area contributed by atoms with Crippen molar-refractivity contribution >= 4 is 22.9 Å². The van der Waals surface area contributed by atoms with Crippen LogP contribution in [-0.4, -0.2) is 12.5 Å². The first kappa shape index (κ1) is 14.0. The monoisotopic (exact) mass is 254 g/mol. The van der Waals surface area contributed by atoms with Crippen molar-refractivity contribution < 1.29 is 4.79 Å². The van der Waals surface area contributed by atoms with E-state index in [1.54, 1.807) is 6.07 Å². The van der Waals surface area contributed by atoms with Gasteiger partial charge in [0.25, 0.3) is 5.91 Å². The Morgan fingerprint density at radius 2 is 2.18 bits per heavy atom. The smallest absolute Gasteiger partial charge is 0.261 e. The number of thiophene rings is 1. The number of anilines is 1. The van der Waals surface area contributed by atoms with Gasteiger partial charge in [0, 0.05) is 17.1 Å². The predicted molar refractivity (Wildman–Crippen MR) is 74.5 cm³/mol. The molecule has 0 aliphatic heterocycles. The molecule has 4 heteroatoms. The van der Waals surface area contributed by atoms with Crippen molar-refractivity contribution in [3.63, 3.8) is 0 Å². The summed E-state index contributed by atoms with van der Waals surface area (Å²) in [5.41, 5.74) is 6.43. The molecule has 0 aliphatic rings. The van der Waals surface area contributed by atoms with Crippen molar-refractivity contribution in [3.05, 3.63) is 15.8 Å². The second-order valence-corrected chi connectivity index (χ2v) is 6.02. The van der Waals surface area contributed by atoms with Crippen molar-refractivity contribution in [3.8, 4) is 0 Å². The molecule has 0 aromatic carbocycles. The number of hydrogen-bond acceptors (Lipinski definition) is 3. The summed E-state index contributed by atoms with van der Waals surface area (Å²) in [5, 5.41) is 2.93. The predicted octanol–water partition coefficient (Wildman–Crippen LogP) is 3.19. The zero-order valence-electron chi connectivity index (χ0n) is 10.9. The molecule has 3 N–H and O–H groups in total. The Morgan fingerprint density at radius 3 is 2.71 bits per heavy atom. The quantitative estimate of drug-likeness (QED) is 0.766. The molecule has 0 saturated carbocycles. The summed E-state index contributed by atoms with van der Waals surface area (Å²) in [6, 6.07) is 1.75. The number of hydrogen-bond donors (Lipinski definition) is 2. The Morgan fingerprint density at radius 1 is 1.47 bits per heavy atom. The highest BCUT2D eigenvalue weighted by atomic mass is 32.1. The lowest BCUT2D eigenvalue weighted by Gasteiger charge is -2.05. The number of nitrogens with one attached hydrogen (secondary N) is 1. The Balaban J connectivity index is 2.26. The minimum Gasteiger partial charge on any atom is -0.398 e. The fraction of sp³-hybridized carbons (Fsp3) is 0.615. The molecule has 0 saturated heterocycles. The van der Waals surface area contributed by atoms with Crippen LogP contribution in [0.15, 0.2) is 6.07 Å². The van der Waals surface area contributed by atoms with E-state index < -0.39 is 0 Å². The molecule has 1 heterocycles. The van der Waals surface area contributed by atoms with Gasteiger partial charge in [-0.3, -0.25) is 4.79 Å². The molecular formula is C13H22N2OS. The van der Waals surface area contributed by atoms with E-state index >= 15 is 0 Å². The molecule has 0 aliphatic carbocycles. The van der Waals surface area contributed by atoms with E-state index in [1.165, 1.54) is 24.2 Å². The molecule has 0 radical (unpaired) electrons. The van der Waals surface area contributed by atoms with Gasteiger partial charge in [0.15, 0.2) is 0 Å². The van der Waals surface area contributed by atoms with Crippen LogP contribution < -0.4 is 11.1 Å². The van der Waals surface area contributed by atoms with Gasteiger partial charge in [-0.25, -0.2) is 0 Å². The summed E-state index contributed by atoms with van der Waals surface area (Å²) in [7, 11) is 0. The summed E-state index contributed by atoms with van der Waals surface area (Å²) in [4.78, 5) is 13.5. The van der Waals surface area contributed by atoms with Crippen LogP contribution in [0.2, 0.25) is 0 Å². The van der Waals surface area contributed by atoms with Gasteiger partial charge in [-0.1, -0.05) is 26.7 Å². The van der Waals surface area contributed by atoms with Crippen LogP contribution in [0.5, 0.6) is 0 Å². The van der Waals surface area contributed by atoms with E-state index in [9.17, 15) is 4.79 Å². The largest absolute Gasteiger partial charge is 0.398 e. The van der Waals surface area contributed by atoms with Crippen LogP contribution >= 0.6 is 11.3 Å². The Labute approximate surface area is 107 Å². The summed E-state index contributed by atoms with van der Waals surface area (Å²) >= 11 is 1.45. The summed E-state index contributed by atoms with van der Waals surface area (Å²) in [5.74, 6) is 0.741. The maximum absolute atomic E-state index is 11.8. The van der Waals surface area contributed by atoms with Crippen molar-refractivity contribution in [2.24, 2.45) is 5.92 Å². The average Bonchev–Trinajstić information content (AvgIpc) is 2.58. The van der Waals surface area contributed by atoms with E-state index in [-0.39, 0.29) is 5.91 Å². The van der Waals surface area contributed by atoms with E-state index in [0.29, 0.717) is 10.6 Å². The van der Waals surface area contributed by atoms with Gasteiger partial charge in [0.05, 0.1) is 4.88 Å². The molecule has 0 atom stereocenters. The molecule has 3 nitrogen and oxygen atoms in total. The van der Waals surface area contributed by atoms with Crippen LogP contribution in [0.25, 0.3) is 0 Å². The summed E-state index contributed by atoms with van der Waals surface area (Å²) in [6.07, 6.45) is 3.44. The van der Waals surface area contributed by atoms with Gasteiger partial charge in [-0.2, -0.15) is 0 Å². The van der Waals surface area contributed by atoms with Crippen LogP contribution in [0.3, 0.4) is 0 Å². The van der Waals surface area contributed by atoms with Gasteiger partial charge >= 0.3 is 0 Å². The molecule has 1 amide bonds. The van der Waals surface area contributed by atoms with Crippen LogP contribution in [-0.2, 0) is 0 Å². The summed E-state index contributed by atoms with van der Waals surface area (Å²) < 4.78 is 0. The lowest BCUT2D eigenvalue weighted by molar-refractivity contribution is 0.0957. The molecule has 0 unspecified atom stereocenters. The van der Waals surface area contributed by atoms with Gasteiger partial charge in [-0.15, -0.1) is 11.3 Å². The molecule has 0 fully saturated rings. The number of rotatable bonds is 6. The van der Waals surface area contributed by atoms with E-state index in [0.717, 1.165) is 23.8 Å². The molecule has 0 bridgehead atoms. The second-order valence-electron chi connectivity index (χ2n) is 4.77. The second kappa shape index (κ2) is 6.64. The molecule has 17 heavy (non-hydrogen) atoms. The fourth-order valence-corrected chi connectivity index (χ4v) is 2.43. The Kier molecular flexibility index (Phi) is 5.48. The van der Waals surface area contributed by atoms with Gasteiger partial charge in [0.1, 0.15) is 0 Å². The SMILES string of the molecule is Cc1sc(C(=O)NCCCCC(C)C)cc1N. The minimum atomic E-state index is -0.000605. The Hall–Kier alpha value is -1.03. The lowest BCUT2D eigenvalue weighted by atomic mass is 10.1. The van der Waals surface area contributed by atoms with Gasteiger partial charge in [0.2, 0.25) is 0 Å². The van der Waals surface area contributed by atoms with E-state index in [4.69, 9.17) is 5.73 Å². The van der Waals surface area contributed by atoms with Crippen LogP contribution in [0, 0.1) is 12.8 Å². The zero-order chi connectivity index (χ0) is 12.8. The Bertz CT molecular complexity index is 352. The first-order valence-electron chi connectivity index (χ1n) is 6.14. The van der Waals surface area contributed by atoms with Crippen molar-refractivity contribution in [2.45, 2.75) is 40.0 Å². The highest BCUT2D eigenvalue weighted by Gasteiger charge is 2.09. The van der Waals surface area contributed by atoms with Gasteiger partial charge in [-0.05, 0) is 25.3 Å². The first-order valence-corrected chi connectivity index (χ1v) is 6.96. The lowest BCUT2D eigenvalue weighted by Crippen LogP contribution is -2.23. The molecule has 96 valence electrons. The maximum atomic E-state index is 11.8. The van der Waals surface area contributed by atoms with Crippen molar-refractivity contribution in [1.82, 2.24) is 5.32 Å². The molecule has 0 spiro atoms. The molecule has 1 aromatic rings. The minimum absolute atomic E-state index is 0.000605. The van der Waals surface area contributed by atoms with Crippen molar-refractivity contribution in [2.75, 3.05) is 12.3 Å². The number of unbranched alkanes of at least 4 members (excludes halogenated alkanes) is 1. The number of nitrogen functional groups attached to an aromatic ring is 1. The number of carbonyl (C=O) groups excluding carboxylic acids is 1. The number of aryl methyl sites for hydroxylation is 1. The average molecular weight is 254 g/mol. The van der Waals surface area contributed by atoms with Crippen molar-refractivity contribution in [1.29, 1.82) is 0 Å². The first-order chi connectivity index (χ1) is 8.00. The third kappa shape index (κ3) is 4.77. The van der Waals surface area contributed by atoms with E-state index in [2.05, 4.69) is 19.2 Å². The normalized spacial score (nSPS) is 10.8. The highest BCUT2D eigenvalue weighted by molar-refractivity contribution is 7.14. The number of amides is 1. The fourth-order valence-electron chi connectivity index (χ4n) is 1.57. The molecule has 1 rings (SSSR count). The zero-order valence-corrected chi connectivity index (χ0v) is 11.7. The third-order valence-corrected chi connectivity index (χ3v) is 3.74. The number of carbonyl (C=O) groups is 1. The summed E-state index contributed by atoms with van der Waals surface area (Å²) in [6.45, 7) is 7.12.